The van der Waals surface area contributed by atoms with Crippen molar-refractivity contribution < 1.29 is 22.3 Å². The molecule has 3 aromatic rings. The second-order valence-electron chi connectivity index (χ2n) is 4.76. The summed E-state index contributed by atoms with van der Waals surface area (Å²) in [5.74, 6) is 0.984. The van der Waals surface area contributed by atoms with Gasteiger partial charge in [-0.05, 0) is 30.3 Å². The average Bonchev–Trinajstić information content (AvgIpc) is 3.10. The molecule has 0 spiro atoms. The Morgan fingerprint density at radius 3 is 2.73 bits per heavy atom. The summed E-state index contributed by atoms with van der Waals surface area (Å²) >= 11 is 0. The third kappa shape index (κ3) is 2.59. The van der Waals surface area contributed by atoms with E-state index in [-0.39, 0.29) is 5.52 Å². The molecule has 0 bridgehead atoms. The zero-order chi connectivity index (χ0) is 15.7. The van der Waals surface area contributed by atoms with Gasteiger partial charge in [-0.2, -0.15) is 13.2 Å². The molecule has 0 saturated heterocycles. The van der Waals surface area contributed by atoms with E-state index < -0.39 is 11.7 Å². The first-order valence-electron chi connectivity index (χ1n) is 6.61. The number of rotatable bonds is 4. The summed E-state index contributed by atoms with van der Waals surface area (Å²) in [4.78, 5) is 4.30. The molecule has 0 aliphatic rings. The van der Waals surface area contributed by atoms with Gasteiger partial charge >= 0.3 is 6.18 Å². The van der Waals surface area contributed by atoms with E-state index in [1.54, 1.807) is 23.8 Å². The van der Waals surface area contributed by atoms with Crippen LogP contribution in [0.5, 0.6) is 0 Å². The molecule has 0 unspecified atom stereocenters. The number of imidazole rings is 1. The molecule has 0 saturated carbocycles. The second-order valence-corrected chi connectivity index (χ2v) is 4.76. The topological polar surface area (TPSA) is 40.2 Å². The molecule has 2 aromatic heterocycles. The molecule has 0 radical (unpaired) electrons. The predicted octanol–water partition coefficient (Wildman–Crippen LogP) is 3.96. The fourth-order valence-electron chi connectivity index (χ4n) is 2.31. The summed E-state index contributed by atoms with van der Waals surface area (Å²) in [6.45, 7) is 0.884. The lowest BCUT2D eigenvalue weighted by Gasteiger charge is -2.08. The summed E-state index contributed by atoms with van der Waals surface area (Å²) in [7, 11) is 1.56. The second kappa shape index (κ2) is 5.49. The maximum absolute atomic E-state index is 12.8. The Morgan fingerprint density at radius 2 is 2.09 bits per heavy atom. The highest BCUT2D eigenvalue weighted by Crippen LogP contribution is 2.33. The van der Waals surface area contributed by atoms with E-state index in [0.717, 1.165) is 12.1 Å². The van der Waals surface area contributed by atoms with E-state index in [9.17, 15) is 13.2 Å². The standard InChI is InChI=1S/C15H13F3N2O2/c1-21-8-6-20-12-5-4-10(15(16,17)18)9-11(12)19-14(20)13-3-2-7-22-13/h2-5,7,9H,6,8H2,1H3. The van der Waals surface area contributed by atoms with E-state index in [1.807, 2.05) is 0 Å². The van der Waals surface area contributed by atoms with Crippen LogP contribution in [0.15, 0.2) is 41.0 Å². The van der Waals surface area contributed by atoms with Crippen LogP contribution in [-0.2, 0) is 17.5 Å². The van der Waals surface area contributed by atoms with E-state index >= 15 is 0 Å². The minimum absolute atomic E-state index is 0.275. The Bertz CT molecular complexity index is 776. The van der Waals surface area contributed by atoms with Crippen LogP contribution in [0.3, 0.4) is 0 Å². The summed E-state index contributed by atoms with van der Waals surface area (Å²) in [5, 5.41) is 0. The van der Waals surface area contributed by atoms with Crippen LogP contribution in [0.2, 0.25) is 0 Å². The fourth-order valence-corrected chi connectivity index (χ4v) is 2.31. The summed E-state index contributed by atoms with van der Waals surface area (Å²) in [6.07, 6.45) is -2.90. The number of halogens is 3. The van der Waals surface area contributed by atoms with Gasteiger partial charge in [-0.3, -0.25) is 0 Å². The van der Waals surface area contributed by atoms with E-state index in [4.69, 9.17) is 9.15 Å². The smallest absolute Gasteiger partial charge is 0.416 e. The molecule has 7 heteroatoms. The van der Waals surface area contributed by atoms with Crippen LogP contribution in [0.25, 0.3) is 22.6 Å². The minimum atomic E-state index is -4.39. The molecule has 22 heavy (non-hydrogen) atoms. The van der Waals surface area contributed by atoms with Crippen molar-refractivity contribution in [3.8, 4) is 11.6 Å². The zero-order valence-corrected chi connectivity index (χ0v) is 11.7. The van der Waals surface area contributed by atoms with Crippen LogP contribution >= 0.6 is 0 Å². The number of alkyl halides is 3. The van der Waals surface area contributed by atoms with Gasteiger partial charge in [0.2, 0.25) is 0 Å². The Morgan fingerprint density at radius 1 is 1.27 bits per heavy atom. The normalized spacial score (nSPS) is 12.2. The van der Waals surface area contributed by atoms with Gasteiger partial charge in [0.25, 0.3) is 0 Å². The Labute approximate surface area is 124 Å². The molecular weight excluding hydrogens is 297 g/mol. The lowest BCUT2D eigenvalue weighted by molar-refractivity contribution is -0.137. The van der Waals surface area contributed by atoms with Gasteiger partial charge in [-0.15, -0.1) is 0 Å². The van der Waals surface area contributed by atoms with E-state index in [1.165, 1.54) is 12.3 Å². The maximum atomic E-state index is 12.8. The first kappa shape index (κ1) is 14.6. The van der Waals surface area contributed by atoms with Gasteiger partial charge in [-0.1, -0.05) is 0 Å². The zero-order valence-electron chi connectivity index (χ0n) is 11.7. The van der Waals surface area contributed by atoms with E-state index in [2.05, 4.69) is 4.98 Å². The van der Waals surface area contributed by atoms with Gasteiger partial charge < -0.3 is 13.7 Å². The molecule has 2 heterocycles. The number of aromatic nitrogens is 2. The van der Waals surface area contributed by atoms with Crippen molar-refractivity contribution in [2.45, 2.75) is 12.7 Å². The number of ether oxygens (including phenoxy) is 1. The van der Waals surface area contributed by atoms with Crippen LogP contribution in [0, 0.1) is 0 Å². The summed E-state index contributed by atoms with van der Waals surface area (Å²) < 4.78 is 50.6. The van der Waals surface area contributed by atoms with Crippen molar-refractivity contribution in [3.05, 3.63) is 42.2 Å². The molecule has 4 nitrogen and oxygen atoms in total. The number of furan rings is 1. The van der Waals surface area contributed by atoms with Gasteiger partial charge in [0.1, 0.15) is 0 Å². The molecule has 3 rings (SSSR count). The van der Waals surface area contributed by atoms with Crippen molar-refractivity contribution in [2.75, 3.05) is 13.7 Å². The first-order valence-corrected chi connectivity index (χ1v) is 6.61. The quantitative estimate of drug-likeness (QED) is 0.732. The lowest BCUT2D eigenvalue weighted by Crippen LogP contribution is -2.06. The molecule has 116 valence electrons. The third-order valence-electron chi connectivity index (χ3n) is 3.34. The number of fused-ring (bicyclic) bond motifs is 1. The number of methoxy groups -OCH3 is 1. The van der Waals surface area contributed by atoms with Gasteiger partial charge in [0.15, 0.2) is 11.6 Å². The van der Waals surface area contributed by atoms with Crippen molar-refractivity contribution in [1.29, 1.82) is 0 Å². The predicted molar refractivity (Wildman–Crippen MR) is 74.3 cm³/mol. The Balaban J connectivity index is 2.16. The Kier molecular flexibility index (Phi) is 3.66. The Hall–Kier alpha value is -2.28. The van der Waals surface area contributed by atoms with Crippen molar-refractivity contribution >= 4 is 11.0 Å². The first-order chi connectivity index (χ1) is 10.5. The average molecular weight is 310 g/mol. The molecule has 0 amide bonds. The number of nitrogens with zero attached hydrogens (tertiary/aromatic N) is 2. The number of hydrogen-bond acceptors (Lipinski definition) is 3. The van der Waals surface area contributed by atoms with Crippen LogP contribution < -0.4 is 0 Å². The molecule has 0 N–H and O–H groups in total. The van der Waals surface area contributed by atoms with Crippen LogP contribution in [0.1, 0.15) is 5.56 Å². The summed E-state index contributed by atoms with van der Waals surface area (Å²) in [5.41, 5.74) is 0.163. The van der Waals surface area contributed by atoms with Crippen LogP contribution in [0.4, 0.5) is 13.2 Å². The lowest BCUT2D eigenvalue weighted by atomic mass is 10.2. The fraction of sp³-hybridized carbons (Fsp3) is 0.267. The van der Waals surface area contributed by atoms with Crippen molar-refractivity contribution in [2.24, 2.45) is 0 Å². The van der Waals surface area contributed by atoms with E-state index in [0.29, 0.717) is 30.3 Å². The van der Waals surface area contributed by atoms with Crippen molar-refractivity contribution in [1.82, 2.24) is 9.55 Å². The van der Waals surface area contributed by atoms with Crippen LogP contribution in [-0.4, -0.2) is 23.3 Å². The largest absolute Gasteiger partial charge is 0.461 e. The van der Waals surface area contributed by atoms with Gasteiger partial charge in [0, 0.05) is 13.7 Å². The summed E-state index contributed by atoms with van der Waals surface area (Å²) in [6, 6.07) is 6.95. The molecule has 0 aliphatic heterocycles. The number of benzene rings is 1. The SMILES string of the molecule is COCCn1c(-c2ccco2)nc2cc(C(F)(F)F)ccc21. The number of hydrogen-bond donors (Lipinski definition) is 0. The highest BCUT2D eigenvalue weighted by Gasteiger charge is 2.31. The highest BCUT2D eigenvalue weighted by molar-refractivity contribution is 5.80. The van der Waals surface area contributed by atoms with Gasteiger partial charge in [0.05, 0.1) is 29.5 Å². The molecular formula is C15H13F3N2O2. The molecule has 0 atom stereocenters. The minimum Gasteiger partial charge on any atom is -0.461 e. The highest BCUT2D eigenvalue weighted by atomic mass is 19.4. The molecule has 0 aliphatic carbocycles. The molecule has 0 fully saturated rings. The monoisotopic (exact) mass is 310 g/mol. The van der Waals surface area contributed by atoms with Gasteiger partial charge in [-0.25, -0.2) is 4.98 Å². The van der Waals surface area contributed by atoms with Crippen molar-refractivity contribution in [3.63, 3.8) is 0 Å². The third-order valence-corrected chi connectivity index (χ3v) is 3.34. The maximum Gasteiger partial charge on any atom is 0.416 e. The molecule has 1 aromatic carbocycles.